The lowest BCUT2D eigenvalue weighted by atomic mass is 11.5. The third-order valence-electron chi connectivity index (χ3n) is 0.0772. The zero-order valence-electron chi connectivity index (χ0n) is 2.16. The van der Waals surface area contributed by atoms with Crippen molar-refractivity contribution in [2.75, 3.05) is 6.17 Å². The molecule has 2 radical (unpaired) electrons. The molecule has 0 aromatic carbocycles. The molecule has 0 spiro atoms. The highest BCUT2D eigenvalue weighted by molar-refractivity contribution is 6.93. The lowest BCUT2D eigenvalue weighted by Gasteiger charge is -1.64. The van der Waals surface area contributed by atoms with Gasteiger partial charge in [-0.3, -0.25) is 0 Å². The molecule has 4 heavy (non-hydrogen) atoms. The molecular formula is CH4ClNSi. The molecule has 0 aliphatic heterocycles. The first kappa shape index (κ1) is 4.47. The van der Waals surface area contributed by atoms with Gasteiger partial charge in [0.25, 0.3) is 0 Å². The molecule has 0 rings (SSSR count). The van der Waals surface area contributed by atoms with E-state index in [4.69, 9.17) is 16.8 Å². The molecule has 1 nitrogen and oxygen atoms in total. The second-order valence-electron chi connectivity index (χ2n) is 0.338. The van der Waals surface area contributed by atoms with E-state index in [1.807, 2.05) is 0 Å². The van der Waals surface area contributed by atoms with Gasteiger partial charge in [0.05, 0.1) is 0 Å². The Morgan fingerprint density at radius 2 is 2.25 bits per heavy atom. The van der Waals surface area contributed by atoms with Crippen LogP contribution in [0.1, 0.15) is 0 Å². The van der Waals surface area contributed by atoms with Crippen molar-refractivity contribution in [3.63, 3.8) is 0 Å². The lowest BCUT2D eigenvalue weighted by Crippen LogP contribution is -2.01. The van der Waals surface area contributed by atoms with E-state index < -0.39 is 0 Å². The summed E-state index contributed by atoms with van der Waals surface area (Å²) < 4.78 is 0. The molecule has 0 bridgehead atoms. The molecule has 0 fully saturated rings. The Morgan fingerprint density at radius 3 is 2.25 bits per heavy atom. The quantitative estimate of drug-likeness (QED) is 0.352. The molecule has 0 saturated carbocycles. The maximum Gasteiger partial charge on any atom is 0.186 e. The first-order chi connectivity index (χ1) is 1.91. The van der Waals surface area contributed by atoms with Gasteiger partial charge in [-0.05, 0) is 6.17 Å². The Balaban J connectivity index is 1.97. The average Bonchev–Trinajstić information content (AvgIpc) is 1.37. The smallest absolute Gasteiger partial charge is 0.186 e. The van der Waals surface area contributed by atoms with E-state index in [2.05, 4.69) is 0 Å². The molecule has 0 aromatic heterocycles. The molecule has 0 amide bonds. The normalized spacial score (nSPS) is 7.50. The van der Waals surface area contributed by atoms with Gasteiger partial charge in [-0.2, -0.15) is 11.1 Å². The van der Waals surface area contributed by atoms with E-state index >= 15 is 0 Å². The van der Waals surface area contributed by atoms with Crippen LogP contribution in [0.5, 0.6) is 0 Å². The molecule has 0 saturated heterocycles. The Kier molecular flexibility index (Phi) is 3.87. The zero-order chi connectivity index (χ0) is 3.41. The first-order valence-electron chi connectivity index (χ1n) is 0.951. The molecule has 0 aliphatic rings. The highest BCUT2D eigenvalue weighted by atomic mass is 35.6. The van der Waals surface area contributed by atoms with Gasteiger partial charge < -0.3 is 5.73 Å². The summed E-state index contributed by atoms with van der Waals surface area (Å²) in [7, 11) is 0.390. The van der Waals surface area contributed by atoms with Crippen molar-refractivity contribution in [3.8, 4) is 0 Å². The largest absolute Gasteiger partial charge is 0.332 e. The molecule has 0 unspecified atom stereocenters. The van der Waals surface area contributed by atoms with Crippen molar-refractivity contribution < 1.29 is 0 Å². The maximum absolute atomic E-state index is 5.09. The van der Waals surface area contributed by atoms with Gasteiger partial charge in [-0.25, -0.2) is 0 Å². The van der Waals surface area contributed by atoms with Gasteiger partial charge in [0.15, 0.2) is 8.83 Å². The van der Waals surface area contributed by atoms with Crippen LogP contribution in [0.25, 0.3) is 0 Å². The molecule has 3 heteroatoms. The first-order valence-corrected chi connectivity index (χ1v) is 3.17. The molecule has 0 atom stereocenters. The third-order valence-corrected chi connectivity index (χ3v) is 0.694. The Bertz CT molecular complexity index is 10.0. The molecule has 0 aromatic rings. The van der Waals surface area contributed by atoms with Crippen molar-refractivity contribution in [3.05, 3.63) is 0 Å². The molecule has 24 valence electrons. The molecule has 0 heterocycles. The fourth-order valence-corrected chi connectivity index (χ4v) is 0. The van der Waals surface area contributed by atoms with Gasteiger partial charge >= 0.3 is 0 Å². The summed E-state index contributed by atoms with van der Waals surface area (Å²) >= 11 is 5.09. The van der Waals surface area contributed by atoms with E-state index in [0.29, 0.717) is 15.0 Å². The summed E-state index contributed by atoms with van der Waals surface area (Å²) in [5, 5.41) is 0. The summed E-state index contributed by atoms with van der Waals surface area (Å²) in [4.78, 5) is 0. The van der Waals surface area contributed by atoms with Crippen LogP contribution >= 0.6 is 11.1 Å². The van der Waals surface area contributed by atoms with Crippen LogP contribution in [0.3, 0.4) is 0 Å². The second-order valence-corrected chi connectivity index (χ2v) is 1.82. The third kappa shape index (κ3) is 2.47. The van der Waals surface area contributed by atoms with Crippen LogP contribution in [0.2, 0.25) is 0 Å². The summed E-state index contributed by atoms with van der Waals surface area (Å²) in [5.41, 5.74) is 4.91. The Labute approximate surface area is 32.7 Å². The monoisotopic (exact) mass is 93.0 g/mol. The molecule has 2 N–H and O–H groups in total. The Morgan fingerprint density at radius 1 is 2.00 bits per heavy atom. The molecule has 0 aliphatic carbocycles. The van der Waals surface area contributed by atoms with Crippen LogP contribution in [-0.2, 0) is 0 Å². The van der Waals surface area contributed by atoms with Gasteiger partial charge in [-0.1, -0.05) is 0 Å². The van der Waals surface area contributed by atoms with Crippen molar-refractivity contribution in [1.82, 2.24) is 0 Å². The van der Waals surface area contributed by atoms with Crippen LogP contribution < -0.4 is 5.73 Å². The fraction of sp³-hybridized carbons (Fsp3) is 1.00. The number of rotatable bonds is 1. The van der Waals surface area contributed by atoms with Crippen molar-refractivity contribution in [2.24, 2.45) is 5.73 Å². The number of nitrogens with two attached hydrogens (primary N) is 1. The lowest BCUT2D eigenvalue weighted by molar-refractivity contribution is 1.38. The SMILES string of the molecule is NC[Si]Cl. The number of halogens is 1. The van der Waals surface area contributed by atoms with E-state index in [0.717, 1.165) is 0 Å². The van der Waals surface area contributed by atoms with Gasteiger partial charge in [0, 0.05) is 0 Å². The van der Waals surface area contributed by atoms with Gasteiger partial charge in [0.2, 0.25) is 0 Å². The summed E-state index contributed by atoms with van der Waals surface area (Å²) in [6, 6.07) is 0. The van der Waals surface area contributed by atoms with Crippen molar-refractivity contribution in [1.29, 1.82) is 0 Å². The van der Waals surface area contributed by atoms with Crippen molar-refractivity contribution in [2.45, 2.75) is 0 Å². The predicted molar refractivity (Wildman–Crippen MR) is 20.7 cm³/mol. The summed E-state index contributed by atoms with van der Waals surface area (Å²) in [5.74, 6) is 0. The topological polar surface area (TPSA) is 26.0 Å². The van der Waals surface area contributed by atoms with E-state index in [1.165, 1.54) is 0 Å². The second kappa shape index (κ2) is 3.47. The van der Waals surface area contributed by atoms with E-state index in [-0.39, 0.29) is 0 Å². The number of hydrogen-bond acceptors (Lipinski definition) is 1. The van der Waals surface area contributed by atoms with Crippen LogP contribution in [0, 0.1) is 0 Å². The predicted octanol–water partition coefficient (Wildman–Crippen LogP) is -0.239. The van der Waals surface area contributed by atoms with Gasteiger partial charge in [-0.15, -0.1) is 0 Å². The van der Waals surface area contributed by atoms with Crippen LogP contribution in [0.4, 0.5) is 0 Å². The van der Waals surface area contributed by atoms with E-state index in [9.17, 15) is 0 Å². The fourth-order valence-electron chi connectivity index (χ4n) is 0. The summed E-state index contributed by atoms with van der Waals surface area (Å²) in [6.07, 6.45) is 0.613. The van der Waals surface area contributed by atoms with E-state index in [1.54, 1.807) is 0 Å². The van der Waals surface area contributed by atoms with Crippen LogP contribution in [0.15, 0.2) is 0 Å². The average molecular weight is 93.6 g/mol. The highest BCUT2D eigenvalue weighted by Gasteiger charge is 1.63. The minimum absolute atomic E-state index is 0.390. The standard InChI is InChI=1S/CH4ClNSi/c2-4-1-3/h1,3H2. The van der Waals surface area contributed by atoms with Gasteiger partial charge in [0.1, 0.15) is 0 Å². The zero-order valence-corrected chi connectivity index (χ0v) is 3.92. The minimum Gasteiger partial charge on any atom is -0.332 e. The highest BCUT2D eigenvalue weighted by Crippen LogP contribution is 1.54. The maximum atomic E-state index is 5.09. The van der Waals surface area contributed by atoms with Crippen LogP contribution in [-0.4, -0.2) is 15.0 Å². The Hall–Kier alpha value is 0.467. The molecular weight excluding hydrogens is 89.6 g/mol. The minimum atomic E-state index is 0.390. The number of hydrogen-bond donors (Lipinski definition) is 1. The van der Waals surface area contributed by atoms with Crippen molar-refractivity contribution >= 4 is 19.9 Å². The summed E-state index contributed by atoms with van der Waals surface area (Å²) in [6.45, 7) is 0.